The number of methoxy groups -OCH3 is 2. The Morgan fingerprint density at radius 2 is 1.86 bits per heavy atom. The van der Waals surface area contributed by atoms with Crippen molar-refractivity contribution >= 4 is 29.1 Å². The molecule has 0 bridgehead atoms. The molecule has 1 unspecified atom stereocenters. The molecule has 0 saturated carbocycles. The number of Topliss-reactive ketones (excluding diaryl/α,β-unsaturated/α-hetero) is 1. The zero-order chi connectivity index (χ0) is 21.0. The lowest BCUT2D eigenvalue weighted by Gasteiger charge is -2.25. The summed E-state index contributed by atoms with van der Waals surface area (Å²) in [4.78, 5) is 27.1. The molecule has 0 aromatic heterocycles. The summed E-state index contributed by atoms with van der Waals surface area (Å²) in [6.07, 6.45) is 0.560. The molecular formula is C22H22ClNO5. The summed E-state index contributed by atoms with van der Waals surface area (Å²) < 4.78 is 10.4. The zero-order valence-corrected chi connectivity index (χ0v) is 17.0. The molecule has 6 nitrogen and oxygen atoms in total. The number of aliphatic hydroxyl groups excluding tert-OH is 1. The Morgan fingerprint density at radius 3 is 2.52 bits per heavy atom. The highest BCUT2D eigenvalue weighted by molar-refractivity contribution is 6.46. The van der Waals surface area contributed by atoms with Gasteiger partial charge in [-0.15, -0.1) is 0 Å². The van der Waals surface area contributed by atoms with Gasteiger partial charge in [0.25, 0.3) is 11.7 Å². The van der Waals surface area contributed by atoms with E-state index in [1.54, 1.807) is 62.8 Å². The molecule has 1 amide bonds. The summed E-state index contributed by atoms with van der Waals surface area (Å²) in [5.74, 6) is -1.01. The van der Waals surface area contributed by atoms with Gasteiger partial charge in [-0.2, -0.15) is 0 Å². The number of ketones is 1. The first-order valence-electron chi connectivity index (χ1n) is 9.15. The fourth-order valence-electron chi connectivity index (χ4n) is 3.41. The van der Waals surface area contributed by atoms with Crippen molar-refractivity contribution < 1.29 is 24.2 Å². The average molecular weight is 416 g/mol. The normalized spacial score (nSPS) is 18.3. The predicted molar refractivity (Wildman–Crippen MR) is 110 cm³/mol. The Morgan fingerprint density at radius 1 is 1.14 bits per heavy atom. The van der Waals surface area contributed by atoms with Crippen molar-refractivity contribution in [3.63, 3.8) is 0 Å². The van der Waals surface area contributed by atoms with Crippen molar-refractivity contribution in [1.82, 2.24) is 4.90 Å². The Hall–Kier alpha value is -2.83. The molecule has 29 heavy (non-hydrogen) atoms. The van der Waals surface area contributed by atoms with E-state index >= 15 is 0 Å². The van der Waals surface area contributed by atoms with Crippen LogP contribution in [0.15, 0.2) is 54.1 Å². The van der Waals surface area contributed by atoms with Gasteiger partial charge in [0.05, 0.1) is 18.7 Å². The number of likely N-dealkylation sites (tertiary alicyclic amines) is 1. The van der Waals surface area contributed by atoms with E-state index in [1.807, 2.05) is 0 Å². The lowest BCUT2D eigenvalue weighted by atomic mass is 9.95. The Bertz CT molecular complexity index is 938. The molecular weight excluding hydrogens is 394 g/mol. The van der Waals surface area contributed by atoms with Gasteiger partial charge in [0.1, 0.15) is 11.5 Å². The number of nitrogens with zero attached hydrogens (tertiary/aromatic N) is 1. The molecule has 152 valence electrons. The van der Waals surface area contributed by atoms with E-state index in [9.17, 15) is 14.7 Å². The van der Waals surface area contributed by atoms with Crippen LogP contribution in [0.4, 0.5) is 0 Å². The second kappa shape index (κ2) is 9.11. The summed E-state index contributed by atoms with van der Waals surface area (Å²) in [6.45, 7) is 0.767. The number of amides is 1. The molecule has 1 aliphatic heterocycles. The number of halogens is 1. The van der Waals surface area contributed by atoms with Crippen molar-refractivity contribution in [3.8, 4) is 5.75 Å². The summed E-state index contributed by atoms with van der Waals surface area (Å²) in [5, 5.41) is 11.4. The molecule has 1 aliphatic rings. The van der Waals surface area contributed by atoms with Crippen LogP contribution >= 0.6 is 11.6 Å². The fraction of sp³-hybridized carbons (Fsp3) is 0.273. The van der Waals surface area contributed by atoms with Crippen LogP contribution in [0, 0.1) is 0 Å². The Kier molecular flexibility index (Phi) is 6.56. The summed E-state index contributed by atoms with van der Waals surface area (Å²) in [7, 11) is 3.12. The molecule has 0 radical (unpaired) electrons. The van der Waals surface area contributed by atoms with E-state index in [0.29, 0.717) is 41.5 Å². The highest BCUT2D eigenvalue weighted by atomic mass is 35.5. The second-order valence-corrected chi connectivity index (χ2v) is 7.06. The van der Waals surface area contributed by atoms with Gasteiger partial charge in [-0.05, 0) is 48.4 Å². The maximum atomic E-state index is 12.9. The van der Waals surface area contributed by atoms with Gasteiger partial charge in [0, 0.05) is 30.8 Å². The summed E-state index contributed by atoms with van der Waals surface area (Å²) >= 11 is 5.93. The number of hydrogen-bond donors (Lipinski definition) is 1. The van der Waals surface area contributed by atoms with E-state index in [2.05, 4.69) is 0 Å². The number of aliphatic hydroxyl groups is 1. The minimum absolute atomic E-state index is 0.0444. The van der Waals surface area contributed by atoms with Gasteiger partial charge in [-0.25, -0.2) is 0 Å². The maximum Gasteiger partial charge on any atom is 0.295 e. The summed E-state index contributed by atoms with van der Waals surface area (Å²) in [5.41, 5.74) is 1.14. The molecule has 7 heteroatoms. The topological polar surface area (TPSA) is 76.1 Å². The van der Waals surface area contributed by atoms with Gasteiger partial charge in [0.15, 0.2) is 0 Å². The second-order valence-electron chi connectivity index (χ2n) is 6.62. The van der Waals surface area contributed by atoms with Gasteiger partial charge >= 0.3 is 0 Å². The Labute approximate surface area is 174 Å². The average Bonchev–Trinajstić information content (AvgIpc) is 2.99. The SMILES string of the molecule is COCCCN1C(=O)C(=O)/C(=C(/O)c2ccc(Cl)cc2)C1c1cccc(OC)c1. The van der Waals surface area contributed by atoms with Gasteiger partial charge in [-0.1, -0.05) is 23.7 Å². The summed E-state index contributed by atoms with van der Waals surface area (Å²) in [6, 6.07) is 12.9. The van der Waals surface area contributed by atoms with E-state index in [0.717, 1.165) is 0 Å². The van der Waals surface area contributed by atoms with Gasteiger partial charge in [-0.3, -0.25) is 9.59 Å². The molecule has 2 aromatic rings. The molecule has 1 heterocycles. The monoisotopic (exact) mass is 415 g/mol. The maximum absolute atomic E-state index is 12.9. The molecule has 1 fully saturated rings. The van der Waals surface area contributed by atoms with E-state index in [4.69, 9.17) is 21.1 Å². The van der Waals surface area contributed by atoms with Crippen LogP contribution in [0.2, 0.25) is 5.02 Å². The third kappa shape index (κ3) is 4.28. The molecule has 1 N–H and O–H groups in total. The van der Waals surface area contributed by atoms with E-state index in [1.165, 1.54) is 4.90 Å². The highest BCUT2D eigenvalue weighted by Gasteiger charge is 2.45. The van der Waals surface area contributed by atoms with Crippen molar-refractivity contribution in [1.29, 1.82) is 0 Å². The number of rotatable bonds is 7. The molecule has 0 spiro atoms. The zero-order valence-electron chi connectivity index (χ0n) is 16.2. The first kappa shape index (κ1) is 20.9. The van der Waals surface area contributed by atoms with Gasteiger partial charge < -0.3 is 19.5 Å². The minimum atomic E-state index is -0.724. The van der Waals surface area contributed by atoms with Crippen LogP contribution < -0.4 is 4.74 Å². The van der Waals surface area contributed by atoms with Crippen molar-refractivity contribution in [2.45, 2.75) is 12.5 Å². The number of hydrogen-bond acceptors (Lipinski definition) is 5. The predicted octanol–water partition coefficient (Wildman–Crippen LogP) is 3.81. The minimum Gasteiger partial charge on any atom is -0.507 e. The molecule has 3 rings (SSSR count). The van der Waals surface area contributed by atoms with Crippen LogP contribution in [0.25, 0.3) is 5.76 Å². The molecule has 2 aromatic carbocycles. The van der Waals surface area contributed by atoms with Crippen molar-refractivity contribution in [3.05, 3.63) is 70.3 Å². The first-order valence-corrected chi connectivity index (χ1v) is 9.53. The lowest BCUT2D eigenvalue weighted by molar-refractivity contribution is -0.140. The standard InChI is InChI=1S/C22H22ClNO5/c1-28-12-4-11-24-19(15-5-3-6-17(13-15)29-2)18(21(26)22(24)27)20(25)14-7-9-16(23)10-8-14/h3,5-10,13,19,25H,4,11-12H2,1-2H3/b20-18+. The van der Waals surface area contributed by atoms with Crippen LogP contribution in [0.5, 0.6) is 5.75 Å². The van der Waals surface area contributed by atoms with Crippen molar-refractivity contribution in [2.24, 2.45) is 0 Å². The van der Waals surface area contributed by atoms with E-state index < -0.39 is 17.7 Å². The molecule has 1 saturated heterocycles. The van der Waals surface area contributed by atoms with Crippen LogP contribution in [0.1, 0.15) is 23.6 Å². The van der Waals surface area contributed by atoms with Crippen molar-refractivity contribution in [2.75, 3.05) is 27.4 Å². The van der Waals surface area contributed by atoms with Gasteiger partial charge in [0.2, 0.25) is 0 Å². The lowest BCUT2D eigenvalue weighted by Crippen LogP contribution is -2.31. The van der Waals surface area contributed by atoms with Crippen LogP contribution in [0.3, 0.4) is 0 Å². The number of ether oxygens (including phenoxy) is 2. The quantitative estimate of drug-likeness (QED) is 0.322. The number of carbonyl (C=O) groups excluding carboxylic acids is 2. The smallest absolute Gasteiger partial charge is 0.295 e. The first-order chi connectivity index (χ1) is 14.0. The fourth-order valence-corrected chi connectivity index (χ4v) is 3.54. The van der Waals surface area contributed by atoms with Crippen LogP contribution in [-0.2, 0) is 14.3 Å². The van der Waals surface area contributed by atoms with E-state index in [-0.39, 0.29) is 11.3 Å². The van der Waals surface area contributed by atoms with Crippen LogP contribution in [-0.4, -0.2) is 49.1 Å². The third-order valence-electron chi connectivity index (χ3n) is 4.81. The largest absolute Gasteiger partial charge is 0.507 e. The highest BCUT2D eigenvalue weighted by Crippen LogP contribution is 2.40. The number of carbonyl (C=O) groups is 2. The molecule has 0 aliphatic carbocycles. The third-order valence-corrected chi connectivity index (χ3v) is 5.07. The Balaban J connectivity index is 2.12. The molecule has 1 atom stereocenters. The number of benzene rings is 2.